The number of aromatic amines is 1. The third kappa shape index (κ3) is 2.68. The van der Waals surface area contributed by atoms with Crippen LogP contribution in [0.25, 0.3) is 0 Å². The summed E-state index contributed by atoms with van der Waals surface area (Å²) in [4.78, 5) is 14.1. The van der Waals surface area contributed by atoms with Gasteiger partial charge in [-0.3, -0.25) is 9.89 Å². The first-order valence-corrected chi connectivity index (χ1v) is 9.42. The lowest BCUT2D eigenvalue weighted by atomic mass is 10.0. The second-order valence-corrected chi connectivity index (χ2v) is 8.69. The molecule has 1 aromatic rings. The Balaban J connectivity index is 1.97. The maximum atomic E-state index is 12.6. The van der Waals surface area contributed by atoms with Crippen molar-refractivity contribution in [3.63, 3.8) is 0 Å². The molecule has 0 aromatic carbocycles. The van der Waals surface area contributed by atoms with Crippen molar-refractivity contribution in [2.45, 2.75) is 37.5 Å². The minimum Gasteiger partial charge on any atom is -0.337 e. The van der Waals surface area contributed by atoms with Crippen molar-refractivity contribution in [2.24, 2.45) is 11.8 Å². The van der Waals surface area contributed by atoms with Crippen LogP contribution in [-0.2, 0) is 9.05 Å². The van der Waals surface area contributed by atoms with Gasteiger partial charge in [0.15, 0.2) is 5.69 Å². The zero-order chi connectivity index (χ0) is 15.4. The van der Waals surface area contributed by atoms with E-state index in [1.807, 2.05) is 0 Å². The number of nitrogens with zero attached hydrogens (tertiary/aromatic N) is 2. The monoisotopic (exact) mass is 331 g/mol. The van der Waals surface area contributed by atoms with Crippen molar-refractivity contribution in [1.82, 2.24) is 15.1 Å². The van der Waals surface area contributed by atoms with Crippen LogP contribution in [0, 0.1) is 11.8 Å². The molecule has 21 heavy (non-hydrogen) atoms. The van der Waals surface area contributed by atoms with Gasteiger partial charge >= 0.3 is 0 Å². The Morgan fingerprint density at radius 1 is 1.29 bits per heavy atom. The van der Waals surface area contributed by atoms with Gasteiger partial charge in [-0.25, -0.2) is 8.42 Å². The Kier molecular flexibility index (Phi) is 3.52. The van der Waals surface area contributed by atoms with Crippen molar-refractivity contribution in [2.75, 3.05) is 13.1 Å². The van der Waals surface area contributed by atoms with Crippen LogP contribution in [0.2, 0.25) is 0 Å². The lowest BCUT2D eigenvalue weighted by Gasteiger charge is -2.15. The first-order chi connectivity index (χ1) is 9.79. The SMILES string of the molecule is CC1CN(C(=O)c2n[nH]c(C3CC3)c2S(=O)(=O)Cl)CC1C. The summed E-state index contributed by atoms with van der Waals surface area (Å²) in [6, 6.07) is 0. The van der Waals surface area contributed by atoms with Crippen molar-refractivity contribution in [3.05, 3.63) is 11.4 Å². The third-order valence-electron chi connectivity index (χ3n) is 4.46. The average Bonchev–Trinajstić information content (AvgIpc) is 3.04. The molecule has 6 nitrogen and oxygen atoms in total. The van der Waals surface area contributed by atoms with E-state index in [4.69, 9.17) is 10.7 Å². The molecule has 2 aliphatic rings. The van der Waals surface area contributed by atoms with Crippen LogP contribution in [0.5, 0.6) is 0 Å². The summed E-state index contributed by atoms with van der Waals surface area (Å²) in [5.74, 6) is 0.561. The van der Waals surface area contributed by atoms with Crippen LogP contribution in [-0.4, -0.2) is 42.5 Å². The Hall–Kier alpha value is -1.08. The molecule has 1 N–H and O–H groups in total. The molecule has 116 valence electrons. The fourth-order valence-electron chi connectivity index (χ4n) is 2.83. The van der Waals surface area contributed by atoms with Crippen LogP contribution < -0.4 is 0 Å². The van der Waals surface area contributed by atoms with Gasteiger partial charge < -0.3 is 4.90 Å². The van der Waals surface area contributed by atoms with Gasteiger partial charge in [-0.2, -0.15) is 5.10 Å². The number of carbonyl (C=O) groups excluding carboxylic acids is 1. The van der Waals surface area contributed by atoms with E-state index in [-0.39, 0.29) is 22.4 Å². The van der Waals surface area contributed by atoms with Crippen LogP contribution in [0.3, 0.4) is 0 Å². The van der Waals surface area contributed by atoms with Crippen LogP contribution in [0.4, 0.5) is 0 Å². The third-order valence-corrected chi connectivity index (χ3v) is 5.82. The maximum Gasteiger partial charge on any atom is 0.275 e. The first-order valence-electron chi connectivity index (χ1n) is 7.11. The average molecular weight is 332 g/mol. The summed E-state index contributed by atoms with van der Waals surface area (Å²) < 4.78 is 23.7. The number of H-pyrrole nitrogens is 1. The number of aromatic nitrogens is 2. The minimum absolute atomic E-state index is 0.0619. The summed E-state index contributed by atoms with van der Waals surface area (Å²) in [6.45, 7) is 5.40. The molecule has 3 rings (SSSR count). The first kappa shape index (κ1) is 14.8. The number of amides is 1. The quantitative estimate of drug-likeness (QED) is 0.858. The van der Waals surface area contributed by atoms with E-state index < -0.39 is 9.05 Å². The van der Waals surface area contributed by atoms with Crippen molar-refractivity contribution in [1.29, 1.82) is 0 Å². The molecule has 8 heteroatoms. The molecule has 0 radical (unpaired) electrons. The van der Waals surface area contributed by atoms with E-state index in [0.29, 0.717) is 30.6 Å². The summed E-state index contributed by atoms with van der Waals surface area (Å²) >= 11 is 0. The Morgan fingerprint density at radius 3 is 2.33 bits per heavy atom. The summed E-state index contributed by atoms with van der Waals surface area (Å²) in [5.41, 5.74) is 0.418. The smallest absolute Gasteiger partial charge is 0.275 e. The number of likely N-dealkylation sites (tertiary alicyclic amines) is 1. The summed E-state index contributed by atoms with van der Waals surface area (Å²) in [7, 11) is 1.54. The number of hydrogen-bond donors (Lipinski definition) is 1. The normalized spacial score (nSPS) is 26.3. The number of halogens is 1. The largest absolute Gasteiger partial charge is 0.337 e. The standard InChI is InChI=1S/C13H18ClN3O3S/c1-7-5-17(6-8(7)2)13(18)11-12(21(14,19)20)10(15-16-11)9-3-4-9/h7-9H,3-6H2,1-2H3,(H,15,16). The van der Waals surface area contributed by atoms with E-state index >= 15 is 0 Å². The van der Waals surface area contributed by atoms with Gasteiger partial charge in [0.1, 0.15) is 4.90 Å². The highest BCUT2D eigenvalue weighted by Crippen LogP contribution is 2.43. The highest BCUT2D eigenvalue weighted by atomic mass is 35.7. The van der Waals surface area contributed by atoms with Gasteiger partial charge in [0.2, 0.25) is 0 Å². The minimum atomic E-state index is -4.00. The van der Waals surface area contributed by atoms with Gasteiger partial charge in [0, 0.05) is 29.7 Å². The summed E-state index contributed by atoms with van der Waals surface area (Å²) in [5, 5.41) is 6.67. The molecule has 0 spiro atoms. The Morgan fingerprint density at radius 2 is 1.86 bits per heavy atom. The lowest BCUT2D eigenvalue weighted by Crippen LogP contribution is -2.30. The van der Waals surface area contributed by atoms with Gasteiger partial charge in [0.05, 0.1) is 5.69 Å². The second-order valence-electron chi connectivity index (χ2n) is 6.19. The zero-order valence-electron chi connectivity index (χ0n) is 12.0. The van der Waals surface area contributed by atoms with Gasteiger partial charge in [-0.1, -0.05) is 13.8 Å². The van der Waals surface area contributed by atoms with Gasteiger partial charge in [0.25, 0.3) is 15.0 Å². The molecule has 2 heterocycles. The van der Waals surface area contributed by atoms with Gasteiger partial charge in [-0.05, 0) is 24.7 Å². The number of rotatable bonds is 3. The van der Waals surface area contributed by atoms with Crippen molar-refractivity contribution < 1.29 is 13.2 Å². The van der Waals surface area contributed by atoms with E-state index in [9.17, 15) is 13.2 Å². The molecule has 1 aromatic heterocycles. The van der Waals surface area contributed by atoms with Crippen LogP contribution in [0.1, 0.15) is 48.8 Å². The maximum absolute atomic E-state index is 12.6. The number of hydrogen-bond acceptors (Lipinski definition) is 4. The zero-order valence-corrected chi connectivity index (χ0v) is 13.5. The number of nitrogens with one attached hydrogen (secondary N) is 1. The van der Waals surface area contributed by atoms with Crippen LogP contribution in [0.15, 0.2) is 4.90 Å². The molecule has 1 saturated carbocycles. The van der Waals surface area contributed by atoms with Crippen LogP contribution >= 0.6 is 10.7 Å². The Bertz CT molecular complexity index is 671. The fraction of sp³-hybridized carbons (Fsp3) is 0.692. The molecular weight excluding hydrogens is 314 g/mol. The fourth-order valence-corrected chi connectivity index (χ4v) is 4.14. The molecule has 2 atom stereocenters. The molecule has 2 fully saturated rings. The van der Waals surface area contributed by atoms with Gasteiger partial charge in [-0.15, -0.1) is 0 Å². The molecule has 1 saturated heterocycles. The lowest BCUT2D eigenvalue weighted by molar-refractivity contribution is 0.0775. The molecule has 1 aliphatic carbocycles. The van der Waals surface area contributed by atoms with E-state index in [1.165, 1.54) is 0 Å². The number of carbonyl (C=O) groups is 1. The molecular formula is C13H18ClN3O3S. The Labute approximate surface area is 128 Å². The van der Waals surface area contributed by atoms with E-state index in [1.54, 1.807) is 4.90 Å². The molecule has 2 unspecified atom stereocenters. The topological polar surface area (TPSA) is 83.1 Å². The molecule has 0 bridgehead atoms. The second kappa shape index (κ2) is 4.98. The highest BCUT2D eigenvalue weighted by Gasteiger charge is 2.39. The van der Waals surface area contributed by atoms with Crippen molar-refractivity contribution in [3.8, 4) is 0 Å². The highest BCUT2D eigenvalue weighted by molar-refractivity contribution is 8.13. The van der Waals surface area contributed by atoms with Crippen molar-refractivity contribution >= 4 is 25.6 Å². The predicted molar refractivity (Wildman–Crippen MR) is 77.8 cm³/mol. The molecule has 1 aliphatic heterocycles. The van der Waals surface area contributed by atoms with E-state index in [2.05, 4.69) is 24.0 Å². The summed E-state index contributed by atoms with van der Waals surface area (Å²) in [6.07, 6.45) is 1.79. The predicted octanol–water partition coefficient (Wildman–Crippen LogP) is 1.94. The molecule has 1 amide bonds. The van der Waals surface area contributed by atoms with E-state index in [0.717, 1.165) is 12.8 Å².